The Morgan fingerprint density at radius 1 is 1.75 bits per heavy atom. The summed E-state index contributed by atoms with van der Waals surface area (Å²) in [5, 5.41) is 4.55. The maximum absolute atomic E-state index is 11.1. The third-order valence-corrected chi connectivity index (χ3v) is 1.48. The highest BCUT2D eigenvalue weighted by Gasteiger charge is 2.30. The van der Waals surface area contributed by atoms with Crippen molar-refractivity contribution in [1.82, 2.24) is 5.12 Å². The molecule has 0 spiro atoms. The van der Waals surface area contributed by atoms with Gasteiger partial charge in [-0.3, -0.25) is 4.79 Å². The van der Waals surface area contributed by atoms with E-state index < -0.39 is 5.41 Å². The van der Waals surface area contributed by atoms with Crippen LogP contribution in [0.4, 0.5) is 0 Å². The molecule has 0 aromatic carbocycles. The fraction of sp³-hybridized carbons (Fsp3) is 0.714. The molecule has 0 rings (SSSR count). The van der Waals surface area contributed by atoms with Crippen LogP contribution in [0.15, 0.2) is 5.10 Å². The molecule has 70 valence electrons. The van der Waals surface area contributed by atoms with Crippen molar-refractivity contribution in [3.8, 4) is 0 Å². The lowest BCUT2D eigenvalue weighted by atomic mass is 9.94. The smallest absolute Gasteiger partial charge is 0.313 e. The second-order valence-corrected chi connectivity index (χ2v) is 3.11. The van der Waals surface area contributed by atoms with E-state index in [9.17, 15) is 4.79 Å². The lowest BCUT2D eigenvalue weighted by Gasteiger charge is -2.24. The van der Waals surface area contributed by atoms with E-state index in [0.717, 1.165) is 5.12 Å². The lowest BCUT2D eigenvalue weighted by Crippen LogP contribution is -2.40. The number of ether oxygens (including phenoxy) is 1. The van der Waals surface area contributed by atoms with E-state index in [4.69, 9.17) is 5.84 Å². The fourth-order valence-electron chi connectivity index (χ4n) is 0.796. The molecule has 0 radical (unpaired) electrons. The maximum atomic E-state index is 11.1. The number of nitrogens with two attached hydrogens (primary N) is 1. The van der Waals surface area contributed by atoms with Crippen molar-refractivity contribution in [2.45, 2.75) is 13.8 Å². The maximum Gasteiger partial charge on any atom is 0.313 e. The van der Waals surface area contributed by atoms with Gasteiger partial charge in [0, 0.05) is 6.72 Å². The number of hydrazine groups is 1. The third-order valence-electron chi connectivity index (χ3n) is 1.48. The van der Waals surface area contributed by atoms with Crippen molar-refractivity contribution in [3.63, 3.8) is 0 Å². The van der Waals surface area contributed by atoms with Gasteiger partial charge in [-0.25, -0.2) is 11.0 Å². The quantitative estimate of drug-likeness (QED) is 0.281. The van der Waals surface area contributed by atoms with Crippen LogP contribution in [0.1, 0.15) is 13.8 Å². The number of rotatable bonds is 4. The van der Waals surface area contributed by atoms with Crippen LogP contribution in [-0.4, -0.2) is 31.5 Å². The number of esters is 1. The molecule has 0 aromatic rings. The molecule has 5 nitrogen and oxygen atoms in total. The van der Waals surface area contributed by atoms with E-state index in [1.807, 2.05) is 0 Å². The van der Waals surface area contributed by atoms with Crippen molar-refractivity contribution in [1.29, 1.82) is 0 Å². The van der Waals surface area contributed by atoms with Gasteiger partial charge in [-0.15, -0.1) is 0 Å². The van der Waals surface area contributed by atoms with E-state index in [-0.39, 0.29) is 12.5 Å². The molecule has 0 saturated heterocycles. The first-order valence-corrected chi connectivity index (χ1v) is 3.51. The molecule has 0 aliphatic rings. The average Bonchev–Trinajstić information content (AvgIpc) is 2.02. The molecule has 0 aliphatic carbocycles. The van der Waals surface area contributed by atoms with Crippen LogP contribution in [0.3, 0.4) is 0 Å². The van der Waals surface area contributed by atoms with Gasteiger partial charge in [-0.2, -0.15) is 5.10 Å². The SMILES string of the molecule is C=NN(N)CC(C)(C)C(=O)OC. The highest BCUT2D eigenvalue weighted by Crippen LogP contribution is 2.17. The molecule has 0 bridgehead atoms. The van der Waals surface area contributed by atoms with E-state index >= 15 is 0 Å². The number of nitrogens with zero attached hydrogens (tertiary/aromatic N) is 2. The van der Waals surface area contributed by atoms with Crippen molar-refractivity contribution in [3.05, 3.63) is 0 Å². The van der Waals surface area contributed by atoms with E-state index in [0.29, 0.717) is 0 Å². The number of hydrogen-bond acceptors (Lipinski definition) is 5. The minimum absolute atomic E-state index is 0.281. The molecule has 2 N–H and O–H groups in total. The van der Waals surface area contributed by atoms with Crippen molar-refractivity contribution < 1.29 is 9.53 Å². The molecule has 0 aromatic heterocycles. The molecule has 0 amide bonds. The van der Waals surface area contributed by atoms with Gasteiger partial charge in [0.25, 0.3) is 0 Å². The monoisotopic (exact) mass is 173 g/mol. The van der Waals surface area contributed by atoms with Crippen LogP contribution in [-0.2, 0) is 9.53 Å². The molecule has 0 saturated carbocycles. The van der Waals surface area contributed by atoms with Gasteiger partial charge >= 0.3 is 5.97 Å². The third kappa shape index (κ3) is 2.87. The van der Waals surface area contributed by atoms with Crippen LogP contribution < -0.4 is 5.84 Å². The summed E-state index contributed by atoms with van der Waals surface area (Å²) < 4.78 is 4.58. The minimum Gasteiger partial charge on any atom is -0.469 e. The Hall–Kier alpha value is -1.10. The van der Waals surface area contributed by atoms with Crippen molar-refractivity contribution >= 4 is 12.7 Å². The molecular formula is C7H15N3O2. The Bertz CT molecular complexity index is 179. The van der Waals surface area contributed by atoms with Gasteiger partial charge in [0.15, 0.2) is 0 Å². The van der Waals surface area contributed by atoms with Gasteiger partial charge in [-0.05, 0) is 13.8 Å². The van der Waals surface area contributed by atoms with Gasteiger partial charge in [0.2, 0.25) is 0 Å². The lowest BCUT2D eigenvalue weighted by molar-refractivity contribution is -0.151. The molecule has 0 heterocycles. The zero-order chi connectivity index (χ0) is 9.78. The fourth-order valence-corrected chi connectivity index (χ4v) is 0.796. The summed E-state index contributed by atoms with van der Waals surface area (Å²) in [5.41, 5.74) is -0.662. The summed E-state index contributed by atoms with van der Waals surface area (Å²) in [6.45, 7) is 6.96. The van der Waals surface area contributed by atoms with Gasteiger partial charge in [-0.1, -0.05) is 0 Å². The van der Waals surface area contributed by atoms with Crippen LogP contribution in [0.5, 0.6) is 0 Å². The number of carbonyl (C=O) groups is 1. The number of carbonyl (C=O) groups excluding carboxylic acids is 1. The minimum atomic E-state index is -0.662. The highest BCUT2D eigenvalue weighted by molar-refractivity contribution is 5.75. The molecule has 0 atom stereocenters. The zero-order valence-corrected chi connectivity index (χ0v) is 7.70. The first kappa shape index (κ1) is 10.9. The van der Waals surface area contributed by atoms with E-state index in [2.05, 4.69) is 16.6 Å². The summed E-state index contributed by atoms with van der Waals surface area (Å²) >= 11 is 0. The highest BCUT2D eigenvalue weighted by atomic mass is 16.5. The van der Waals surface area contributed by atoms with Gasteiger partial charge in [0.1, 0.15) is 0 Å². The van der Waals surface area contributed by atoms with Crippen molar-refractivity contribution in [2.24, 2.45) is 16.4 Å². The predicted molar refractivity (Wildman–Crippen MR) is 46.2 cm³/mol. The number of hydrogen-bond donors (Lipinski definition) is 1. The Balaban J connectivity index is 4.20. The van der Waals surface area contributed by atoms with Crippen molar-refractivity contribution in [2.75, 3.05) is 13.7 Å². The first-order valence-electron chi connectivity index (χ1n) is 3.51. The van der Waals surface area contributed by atoms with Gasteiger partial charge in [0.05, 0.1) is 19.1 Å². The van der Waals surface area contributed by atoms with Gasteiger partial charge < -0.3 is 4.74 Å². The summed E-state index contributed by atoms with van der Waals surface area (Å²) in [4.78, 5) is 11.1. The molecule has 0 aliphatic heterocycles. The Morgan fingerprint density at radius 2 is 2.25 bits per heavy atom. The Morgan fingerprint density at radius 3 is 2.58 bits per heavy atom. The average molecular weight is 173 g/mol. The van der Waals surface area contributed by atoms with E-state index in [1.54, 1.807) is 13.8 Å². The molecular weight excluding hydrogens is 158 g/mol. The van der Waals surface area contributed by atoms with Crippen LogP contribution in [0.2, 0.25) is 0 Å². The summed E-state index contributed by atoms with van der Waals surface area (Å²) in [7, 11) is 1.34. The second kappa shape index (κ2) is 4.06. The topological polar surface area (TPSA) is 67.9 Å². The summed E-state index contributed by atoms with van der Waals surface area (Å²) in [6, 6.07) is 0. The standard InChI is InChI=1S/C7H15N3O2/c1-7(2,6(11)12-4)5-10(8)9-3/h3,5,8H2,1-2,4H3. The number of hydrazone groups is 1. The number of methoxy groups -OCH3 is 1. The molecule has 12 heavy (non-hydrogen) atoms. The first-order chi connectivity index (χ1) is 5.44. The molecule has 0 unspecified atom stereocenters. The van der Waals surface area contributed by atoms with E-state index in [1.165, 1.54) is 7.11 Å². The molecule has 0 fully saturated rings. The summed E-state index contributed by atoms with van der Waals surface area (Å²) in [6.07, 6.45) is 0. The second-order valence-electron chi connectivity index (χ2n) is 3.11. The zero-order valence-electron chi connectivity index (χ0n) is 7.70. The Kier molecular flexibility index (Phi) is 3.69. The predicted octanol–water partition coefficient (Wildman–Crippen LogP) is -0.0231. The van der Waals surface area contributed by atoms with Crippen LogP contribution in [0.25, 0.3) is 0 Å². The normalized spacial score (nSPS) is 10.7. The van der Waals surface area contributed by atoms with Crippen LogP contribution in [0, 0.1) is 5.41 Å². The largest absolute Gasteiger partial charge is 0.469 e. The Labute approximate surface area is 72.1 Å². The van der Waals surface area contributed by atoms with Crippen LogP contribution >= 0.6 is 0 Å². The molecule has 5 heteroatoms. The summed E-state index contributed by atoms with van der Waals surface area (Å²) in [5.74, 6) is 5.03.